The number of hydrogen-bond acceptors (Lipinski definition) is 6. The van der Waals surface area contributed by atoms with Gasteiger partial charge in [0.2, 0.25) is 0 Å². The van der Waals surface area contributed by atoms with Crippen LogP contribution in [0.3, 0.4) is 0 Å². The van der Waals surface area contributed by atoms with Crippen molar-refractivity contribution in [3.05, 3.63) is 173 Å². The first-order valence-corrected chi connectivity index (χ1v) is 19.1. The Morgan fingerprint density at radius 3 is 1.71 bits per heavy atom. The first kappa shape index (κ1) is 35.0. The summed E-state index contributed by atoms with van der Waals surface area (Å²) in [7, 11) is -4.13. The number of nitrogens with zero attached hydrogens (tertiary/aromatic N) is 4. The Labute approximate surface area is 304 Å². The van der Waals surface area contributed by atoms with Crippen molar-refractivity contribution < 1.29 is 17.9 Å². The van der Waals surface area contributed by atoms with E-state index in [0.717, 1.165) is 9.54 Å². The van der Waals surface area contributed by atoms with E-state index in [1.54, 1.807) is 51.9 Å². The number of ether oxygens (including phenoxy) is 1. The number of rotatable bonds is 12. The molecule has 52 heavy (non-hydrogen) atoms. The number of carbonyl (C=O) groups excluding carboxylic acids is 1. The summed E-state index contributed by atoms with van der Waals surface area (Å²) in [5.74, 6) is 0. The molecule has 1 amide bonds. The Morgan fingerprint density at radius 1 is 0.673 bits per heavy atom. The van der Waals surface area contributed by atoms with E-state index in [1.165, 1.54) is 23.3 Å². The molecule has 1 atom stereocenters. The summed E-state index contributed by atoms with van der Waals surface area (Å²) < 4.78 is 35.9. The highest BCUT2D eigenvalue weighted by molar-refractivity contribution is 7.90. The molecule has 1 unspecified atom stereocenters. The zero-order valence-electron chi connectivity index (χ0n) is 28.9. The van der Waals surface area contributed by atoms with Crippen molar-refractivity contribution in [2.75, 3.05) is 19.7 Å². The summed E-state index contributed by atoms with van der Waals surface area (Å²) >= 11 is 0. The number of likely N-dealkylation sites (tertiary alicyclic amines) is 1. The normalized spacial score (nSPS) is 14.4. The molecule has 9 nitrogen and oxygen atoms in total. The molecule has 0 saturated carbocycles. The van der Waals surface area contributed by atoms with Gasteiger partial charge in [0.1, 0.15) is 6.61 Å². The summed E-state index contributed by atoms with van der Waals surface area (Å²) in [5.41, 5.74) is 3.80. The van der Waals surface area contributed by atoms with Gasteiger partial charge in [-0.15, -0.1) is 0 Å². The van der Waals surface area contributed by atoms with Gasteiger partial charge in [0.25, 0.3) is 10.0 Å². The average Bonchev–Trinajstić information content (AvgIpc) is 3.50. The molecular weight excluding hydrogens is 673 g/mol. The second-order valence-electron chi connectivity index (χ2n) is 13.2. The average molecular weight is 715 g/mol. The first-order chi connectivity index (χ1) is 25.4. The van der Waals surface area contributed by atoms with Crippen LogP contribution in [0.2, 0.25) is 0 Å². The van der Waals surface area contributed by atoms with Crippen molar-refractivity contribution in [1.29, 1.82) is 0 Å². The van der Waals surface area contributed by atoms with Crippen molar-refractivity contribution in [2.45, 2.75) is 49.3 Å². The number of para-hydroxylation sites is 2. The van der Waals surface area contributed by atoms with E-state index in [9.17, 15) is 18.0 Å². The van der Waals surface area contributed by atoms with E-state index >= 15 is 0 Å². The van der Waals surface area contributed by atoms with Crippen LogP contribution in [-0.2, 0) is 34.3 Å². The number of aromatic nitrogens is 2. The van der Waals surface area contributed by atoms with E-state index < -0.39 is 21.8 Å². The number of carbonyl (C=O) groups is 1. The molecule has 6 aromatic rings. The minimum absolute atomic E-state index is 0.0502. The number of piperidine rings is 1. The number of fused-ring (bicyclic) bond motifs is 1. The molecule has 1 fully saturated rings. The second-order valence-corrected chi connectivity index (χ2v) is 15.0. The third kappa shape index (κ3) is 7.73. The van der Waals surface area contributed by atoms with Crippen molar-refractivity contribution in [1.82, 2.24) is 18.3 Å². The second kappa shape index (κ2) is 15.8. The highest BCUT2D eigenvalue weighted by atomic mass is 32.2. The van der Waals surface area contributed by atoms with Gasteiger partial charge >= 0.3 is 11.8 Å². The molecule has 0 bridgehead atoms. The minimum atomic E-state index is -4.13. The van der Waals surface area contributed by atoms with Crippen molar-refractivity contribution >= 4 is 27.1 Å². The van der Waals surface area contributed by atoms with Crippen LogP contribution < -0.4 is 5.69 Å². The van der Waals surface area contributed by atoms with Crippen LogP contribution in [0.4, 0.5) is 4.79 Å². The van der Waals surface area contributed by atoms with Crippen LogP contribution >= 0.6 is 0 Å². The Balaban J connectivity index is 1.08. The molecule has 1 aliphatic heterocycles. The van der Waals surface area contributed by atoms with Crippen molar-refractivity contribution in [3.8, 4) is 0 Å². The van der Waals surface area contributed by atoms with Crippen LogP contribution in [-0.4, -0.2) is 58.6 Å². The molecule has 0 spiro atoms. The van der Waals surface area contributed by atoms with Gasteiger partial charge < -0.3 is 9.64 Å². The van der Waals surface area contributed by atoms with Gasteiger partial charge in [-0.1, -0.05) is 121 Å². The van der Waals surface area contributed by atoms with Gasteiger partial charge in [-0.2, -0.15) is 3.97 Å². The first-order valence-electron chi connectivity index (χ1n) is 17.7. The zero-order valence-corrected chi connectivity index (χ0v) is 29.7. The van der Waals surface area contributed by atoms with Crippen LogP contribution in [0.5, 0.6) is 0 Å². The Morgan fingerprint density at radius 2 is 1.15 bits per heavy atom. The number of hydrogen-bond donors (Lipinski definition) is 0. The molecule has 10 heteroatoms. The Kier molecular flexibility index (Phi) is 10.7. The Bertz CT molecular complexity index is 2210. The molecular formula is C42H42N4O5S. The molecule has 1 saturated heterocycles. The molecule has 266 valence electrons. The van der Waals surface area contributed by atoms with Crippen LogP contribution in [0, 0.1) is 0 Å². The standard InChI is InChI=1S/C42H42N4O5S/c47-41-45(39-23-13-14-24-40(39)46(41)52(49,50)38-21-11-4-12-22-38)36-25-27-43(28-26-36)42(48)51-32-37(29-33-15-5-1-6-16-33)44(30-34-17-7-2-8-18-34)31-35-19-9-3-10-20-35/h1-24,36-37H,25-32H2. The van der Waals surface area contributed by atoms with Crippen molar-refractivity contribution in [2.24, 2.45) is 0 Å². The van der Waals surface area contributed by atoms with E-state index in [1.807, 2.05) is 54.6 Å². The zero-order chi connectivity index (χ0) is 35.9. The maximum absolute atomic E-state index is 13.9. The Hall–Kier alpha value is -5.45. The van der Waals surface area contributed by atoms with Crippen LogP contribution in [0.15, 0.2) is 155 Å². The summed E-state index contributed by atoms with van der Waals surface area (Å²) in [4.78, 5) is 31.7. The highest BCUT2D eigenvalue weighted by Crippen LogP contribution is 2.28. The highest BCUT2D eigenvalue weighted by Gasteiger charge is 2.32. The molecule has 0 aliphatic carbocycles. The van der Waals surface area contributed by atoms with Gasteiger partial charge in [-0.05, 0) is 60.2 Å². The molecule has 1 aliphatic rings. The molecule has 0 radical (unpaired) electrons. The summed E-state index contributed by atoms with van der Waals surface area (Å²) in [6.07, 6.45) is 1.28. The predicted molar refractivity (Wildman–Crippen MR) is 202 cm³/mol. The maximum Gasteiger partial charge on any atom is 0.409 e. The summed E-state index contributed by atoms with van der Waals surface area (Å²) in [6, 6.07) is 45.5. The predicted octanol–water partition coefficient (Wildman–Crippen LogP) is 7.13. The molecule has 5 aromatic carbocycles. The number of amides is 1. The van der Waals surface area contributed by atoms with Gasteiger partial charge in [0, 0.05) is 38.3 Å². The van der Waals surface area contributed by atoms with Crippen LogP contribution in [0.1, 0.15) is 35.6 Å². The fraction of sp³-hybridized carbons (Fsp3) is 0.238. The molecule has 1 aromatic heterocycles. The molecule has 7 rings (SSSR count). The van der Waals surface area contributed by atoms with E-state index in [0.29, 0.717) is 56.5 Å². The monoisotopic (exact) mass is 714 g/mol. The topological polar surface area (TPSA) is 93.8 Å². The largest absolute Gasteiger partial charge is 0.448 e. The van der Waals surface area contributed by atoms with Gasteiger partial charge in [0.15, 0.2) is 0 Å². The molecule has 0 N–H and O–H groups in total. The quantitative estimate of drug-likeness (QED) is 0.134. The minimum Gasteiger partial charge on any atom is -0.448 e. The number of benzene rings is 5. The van der Waals surface area contributed by atoms with Gasteiger partial charge in [-0.25, -0.2) is 18.0 Å². The lowest BCUT2D eigenvalue weighted by molar-refractivity contribution is 0.0518. The fourth-order valence-corrected chi connectivity index (χ4v) is 8.54. The smallest absolute Gasteiger partial charge is 0.409 e. The van der Waals surface area contributed by atoms with E-state index in [2.05, 4.69) is 41.3 Å². The lowest BCUT2D eigenvalue weighted by Crippen LogP contribution is -2.44. The summed E-state index contributed by atoms with van der Waals surface area (Å²) in [6.45, 7) is 2.35. The third-order valence-electron chi connectivity index (χ3n) is 9.80. The fourth-order valence-electron chi connectivity index (χ4n) is 7.12. The van der Waals surface area contributed by atoms with Gasteiger partial charge in [0.05, 0.1) is 15.9 Å². The van der Waals surface area contributed by atoms with Gasteiger partial charge in [-0.3, -0.25) is 9.47 Å². The van der Waals surface area contributed by atoms with Crippen LogP contribution in [0.25, 0.3) is 11.0 Å². The lowest BCUT2D eigenvalue weighted by atomic mass is 10.0. The van der Waals surface area contributed by atoms with E-state index in [4.69, 9.17) is 4.74 Å². The van der Waals surface area contributed by atoms with Crippen molar-refractivity contribution in [3.63, 3.8) is 0 Å². The van der Waals surface area contributed by atoms with E-state index in [-0.39, 0.29) is 23.6 Å². The number of imidazole rings is 1. The third-order valence-corrected chi connectivity index (χ3v) is 11.5. The lowest BCUT2D eigenvalue weighted by Gasteiger charge is -2.34. The summed E-state index contributed by atoms with van der Waals surface area (Å²) in [5, 5.41) is 0. The maximum atomic E-state index is 13.9. The SMILES string of the molecule is O=C(OCC(Cc1ccccc1)N(Cc1ccccc1)Cc1ccccc1)N1CCC(n2c(=O)n(S(=O)(=O)c3ccccc3)c3ccccc32)CC1. The molecule has 2 heterocycles.